The van der Waals surface area contributed by atoms with Crippen molar-refractivity contribution in [1.29, 1.82) is 0 Å². The summed E-state index contributed by atoms with van der Waals surface area (Å²) in [5, 5.41) is 2.69. The molecule has 138 valence electrons. The van der Waals surface area contributed by atoms with Crippen LogP contribution in [0.5, 0.6) is 0 Å². The minimum absolute atomic E-state index is 0.0794. The molecule has 0 aromatic carbocycles. The van der Waals surface area contributed by atoms with E-state index in [1.54, 1.807) is 0 Å². The third-order valence-electron chi connectivity index (χ3n) is 4.73. The van der Waals surface area contributed by atoms with Crippen LogP contribution in [0.15, 0.2) is 0 Å². The average molecular weight is 350 g/mol. The molecule has 2 fully saturated rings. The Labute approximate surface area is 139 Å². The van der Waals surface area contributed by atoms with Crippen LogP contribution in [0.3, 0.4) is 0 Å². The van der Waals surface area contributed by atoms with Crippen molar-refractivity contribution in [3.63, 3.8) is 0 Å². The maximum atomic E-state index is 13.0. The van der Waals surface area contributed by atoms with Crippen molar-refractivity contribution in [3.05, 3.63) is 0 Å². The summed E-state index contributed by atoms with van der Waals surface area (Å²) in [4.78, 5) is 24.3. The first-order valence-electron chi connectivity index (χ1n) is 8.52. The Morgan fingerprint density at radius 1 is 1.12 bits per heavy atom. The molecule has 1 aliphatic carbocycles. The van der Waals surface area contributed by atoms with E-state index in [9.17, 15) is 22.8 Å². The highest BCUT2D eigenvalue weighted by Crippen LogP contribution is 2.32. The van der Waals surface area contributed by atoms with E-state index in [2.05, 4.69) is 5.32 Å². The minimum atomic E-state index is -4.44. The number of piperidine rings is 1. The van der Waals surface area contributed by atoms with Gasteiger partial charge in [0.25, 0.3) is 0 Å². The van der Waals surface area contributed by atoms with Crippen LogP contribution in [-0.4, -0.2) is 54.2 Å². The number of likely N-dealkylation sites (tertiary alicyclic amines) is 1. The lowest BCUT2D eigenvalue weighted by molar-refractivity contribution is -0.196. The monoisotopic (exact) mass is 350 g/mol. The molecule has 1 N–H and O–H groups in total. The van der Waals surface area contributed by atoms with Gasteiger partial charge in [-0.1, -0.05) is 19.3 Å². The van der Waals surface area contributed by atoms with E-state index in [1.807, 2.05) is 0 Å². The molecule has 8 heteroatoms. The number of carbonyl (C=O) groups excluding carboxylic acids is 2. The van der Waals surface area contributed by atoms with Crippen LogP contribution in [-0.2, 0) is 14.3 Å². The van der Waals surface area contributed by atoms with E-state index in [0.717, 1.165) is 37.5 Å². The van der Waals surface area contributed by atoms with Crippen LogP contribution in [0.2, 0.25) is 0 Å². The summed E-state index contributed by atoms with van der Waals surface area (Å²) in [5.41, 5.74) is 0. The van der Waals surface area contributed by atoms with Gasteiger partial charge in [-0.3, -0.25) is 9.59 Å². The lowest BCUT2D eigenvalue weighted by Gasteiger charge is -2.40. The first kappa shape index (κ1) is 19.0. The van der Waals surface area contributed by atoms with Crippen molar-refractivity contribution in [3.8, 4) is 0 Å². The van der Waals surface area contributed by atoms with Gasteiger partial charge in [0, 0.05) is 19.5 Å². The van der Waals surface area contributed by atoms with E-state index in [0.29, 0.717) is 0 Å². The van der Waals surface area contributed by atoms with Gasteiger partial charge in [-0.05, 0) is 25.7 Å². The van der Waals surface area contributed by atoms with E-state index in [-0.39, 0.29) is 38.0 Å². The Hall–Kier alpha value is -1.31. The number of nitrogens with one attached hydrogen (secondary N) is 1. The smallest absolute Gasteiger partial charge is 0.368 e. The highest BCUT2D eigenvalue weighted by Gasteiger charge is 2.47. The summed E-state index contributed by atoms with van der Waals surface area (Å²) in [6.45, 7) is 0.924. The average Bonchev–Trinajstić information content (AvgIpc) is 2.53. The number of hydrogen-bond donors (Lipinski definition) is 1. The first-order valence-corrected chi connectivity index (χ1v) is 8.52. The van der Waals surface area contributed by atoms with Gasteiger partial charge in [-0.15, -0.1) is 0 Å². The molecule has 5 nitrogen and oxygen atoms in total. The van der Waals surface area contributed by atoms with E-state index in [4.69, 9.17) is 4.74 Å². The molecule has 1 aliphatic heterocycles. The standard InChI is InChI=1S/C16H25F3N2O3/c1-11(22)21-9-12(7-8-14(21)16(17,18)19)20-15(23)10-24-13-5-3-2-4-6-13/h12-14H,2-10H2,1H3,(H,20,23). The zero-order valence-electron chi connectivity index (χ0n) is 13.9. The van der Waals surface area contributed by atoms with Crippen molar-refractivity contribution in [1.82, 2.24) is 10.2 Å². The number of ether oxygens (including phenoxy) is 1. The molecule has 2 rings (SSSR count). The molecule has 2 aliphatic rings. The molecular formula is C16H25F3N2O3. The van der Waals surface area contributed by atoms with Crippen LogP contribution in [0.4, 0.5) is 13.2 Å². The molecule has 2 atom stereocenters. The van der Waals surface area contributed by atoms with Gasteiger partial charge in [0.2, 0.25) is 11.8 Å². The van der Waals surface area contributed by atoms with Crippen LogP contribution in [0, 0.1) is 0 Å². The van der Waals surface area contributed by atoms with Crippen LogP contribution >= 0.6 is 0 Å². The molecular weight excluding hydrogens is 325 g/mol. The molecule has 1 saturated heterocycles. The second-order valence-corrected chi connectivity index (χ2v) is 6.64. The summed E-state index contributed by atoms with van der Waals surface area (Å²) >= 11 is 0. The molecule has 0 aromatic heterocycles. The summed E-state index contributed by atoms with van der Waals surface area (Å²) in [7, 11) is 0. The number of alkyl halides is 3. The summed E-state index contributed by atoms with van der Waals surface area (Å²) in [5.74, 6) is -0.964. The fraction of sp³-hybridized carbons (Fsp3) is 0.875. The Bertz CT molecular complexity index is 450. The van der Waals surface area contributed by atoms with Gasteiger partial charge < -0.3 is 15.0 Å². The highest BCUT2D eigenvalue weighted by molar-refractivity contribution is 5.78. The van der Waals surface area contributed by atoms with Crippen molar-refractivity contribution in [2.45, 2.75) is 76.2 Å². The Kier molecular flexibility index (Phi) is 6.48. The quantitative estimate of drug-likeness (QED) is 0.847. The molecule has 24 heavy (non-hydrogen) atoms. The zero-order valence-corrected chi connectivity index (χ0v) is 13.9. The highest BCUT2D eigenvalue weighted by atomic mass is 19.4. The van der Waals surface area contributed by atoms with Crippen molar-refractivity contribution in [2.75, 3.05) is 13.2 Å². The Balaban J connectivity index is 1.80. The number of hydrogen-bond acceptors (Lipinski definition) is 3. The van der Waals surface area contributed by atoms with Gasteiger partial charge in [0.1, 0.15) is 12.6 Å². The zero-order chi connectivity index (χ0) is 17.7. The Morgan fingerprint density at radius 2 is 1.79 bits per heavy atom. The van der Waals surface area contributed by atoms with Crippen LogP contribution in [0.25, 0.3) is 0 Å². The van der Waals surface area contributed by atoms with E-state index >= 15 is 0 Å². The third kappa shape index (κ3) is 5.36. The fourth-order valence-corrected chi connectivity index (χ4v) is 3.47. The topological polar surface area (TPSA) is 58.6 Å². The van der Waals surface area contributed by atoms with Crippen molar-refractivity contribution < 1.29 is 27.5 Å². The number of amides is 2. The minimum Gasteiger partial charge on any atom is -0.368 e. The predicted octanol–water partition coefficient (Wildman–Crippen LogP) is 2.39. The number of carbonyl (C=O) groups is 2. The molecule has 0 radical (unpaired) electrons. The van der Waals surface area contributed by atoms with Gasteiger partial charge >= 0.3 is 6.18 Å². The summed E-state index contributed by atoms with van der Waals surface area (Å²) in [6.07, 6.45) is 0.937. The van der Waals surface area contributed by atoms with Gasteiger partial charge in [-0.25, -0.2) is 0 Å². The summed E-state index contributed by atoms with van der Waals surface area (Å²) < 4.78 is 44.5. The first-order chi connectivity index (χ1) is 11.3. The third-order valence-corrected chi connectivity index (χ3v) is 4.73. The molecule has 0 bridgehead atoms. The number of halogens is 3. The van der Waals surface area contributed by atoms with Crippen molar-refractivity contribution >= 4 is 11.8 Å². The second kappa shape index (κ2) is 8.18. The lowest BCUT2D eigenvalue weighted by atomic mass is 9.97. The lowest BCUT2D eigenvalue weighted by Crippen LogP contribution is -2.58. The molecule has 1 saturated carbocycles. The molecule has 0 spiro atoms. The fourth-order valence-electron chi connectivity index (χ4n) is 3.47. The Morgan fingerprint density at radius 3 is 2.38 bits per heavy atom. The molecule has 0 aromatic rings. The van der Waals surface area contributed by atoms with Crippen molar-refractivity contribution in [2.24, 2.45) is 0 Å². The van der Waals surface area contributed by atoms with Gasteiger partial charge in [0.05, 0.1) is 6.10 Å². The maximum Gasteiger partial charge on any atom is 0.408 e. The maximum absolute atomic E-state index is 13.0. The number of rotatable bonds is 4. The summed E-state index contributed by atoms with van der Waals surface area (Å²) in [6, 6.07) is -2.23. The number of nitrogens with zero attached hydrogens (tertiary/aromatic N) is 1. The van der Waals surface area contributed by atoms with Gasteiger partial charge in [0.15, 0.2) is 0 Å². The SMILES string of the molecule is CC(=O)N1CC(NC(=O)COC2CCCCC2)CCC1C(F)(F)F. The second-order valence-electron chi connectivity index (χ2n) is 6.64. The van der Waals surface area contributed by atoms with Crippen LogP contribution < -0.4 is 5.32 Å². The molecule has 1 heterocycles. The van der Waals surface area contributed by atoms with E-state index < -0.39 is 24.2 Å². The largest absolute Gasteiger partial charge is 0.408 e. The molecule has 2 unspecified atom stereocenters. The van der Waals surface area contributed by atoms with Gasteiger partial charge in [-0.2, -0.15) is 13.2 Å². The molecule has 2 amide bonds. The van der Waals surface area contributed by atoms with E-state index in [1.165, 1.54) is 6.42 Å². The predicted molar refractivity (Wildman–Crippen MR) is 81.2 cm³/mol. The normalized spacial score (nSPS) is 26.2. The van der Waals surface area contributed by atoms with Crippen LogP contribution in [0.1, 0.15) is 51.9 Å².